The molecule has 0 aliphatic heterocycles. The number of hydrogen-bond acceptors (Lipinski definition) is 3. The zero-order valence-electron chi connectivity index (χ0n) is 12.3. The van der Waals surface area contributed by atoms with Gasteiger partial charge in [-0.3, -0.25) is 4.90 Å². The Bertz CT molecular complexity index is 539. The molecule has 2 nitrogen and oxygen atoms in total. The first-order chi connectivity index (χ1) is 8.92. The normalized spacial score (nSPS) is 14.2. The molecule has 104 valence electrons. The number of fused-ring (bicyclic) bond motifs is 1. The summed E-state index contributed by atoms with van der Waals surface area (Å²) in [5.41, 5.74) is 7.69. The van der Waals surface area contributed by atoms with E-state index in [0.717, 1.165) is 6.54 Å². The summed E-state index contributed by atoms with van der Waals surface area (Å²) in [6.45, 7) is 8.50. The van der Waals surface area contributed by atoms with Crippen molar-refractivity contribution in [3.8, 4) is 0 Å². The van der Waals surface area contributed by atoms with Gasteiger partial charge < -0.3 is 5.73 Å². The average Bonchev–Trinajstić information content (AvgIpc) is 2.72. The summed E-state index contributed by atoms with van der Waals surface area (Å²) in [4.78, 5) is 2.38. The minimum absolute atomic E-state index is 0.286. The lowest BCUT2D eigenvalue weighted by Crippen LogP contribution is -2.36. The van der Waals surface area contributed by atoms with Gasteiger partial charge in [-0.1, -0.05) is 39.0 Å². The van der Waals surface area contributed by atoms with Crippen molar-refractivity contribution in [3.63, 3.8) is 0 Å². The van der Waals surface area contributed by atoms with Crippen LogP contribution in [0.1, 0.15) is 32.4 Å². The lowest BCUT2D eigenvalue weighted by Gasteiger charge is -2.32. The molecule has 1 atom stereocenters. The highest BCUT2D eigenvalue weighted by Gasteiger charge is 2.22. The molecule has 0 fully saturated rings. The summed E-state index contributed by atoms with van der Waals surface area (Å²) < 4.78 is 1.35. The van der Waals surface area contributed by atoms with Crippen LogP contribution in [0.2, 0.25) is 0 Å². The Kier molecular flexibility index (Phi) is 4.29. The van der Waals surface area contributed by atoms with E-state index in [9.17, 15) is 0 Å². The molecule has 0 spiro atoms. The Labute approximate surface area is 120 Å². The number of thiophene rings is 1. The zero-order valence-corrected chi connectivity index (χ0v) is 13.1. The van der Waals surface area contributed by atoms with Gasteiger partial charge in [0.2, 0.25) is 0 Å². The molecule has 0 bridgehead atoms. The van der Waals surface area contributed by atoms with Crippen molar-refractivity contribution in [1.29, 1.82) is 0 Å². The highest BCUT2D eigenvalue weighted by atomic mass is 32.1. The molecular formula is C16H24N2S. The Morgan fingerprint density at radius 3 is 2.58 bits per heavy atom. The van der Waals surface area contributed by atoms with Gasteiger partial charge in [0.15, 0.2) is 0 Å². The summed E-state index contributed by atoms with van der Waals surface area (Å²) in [6, 6.07) is 8.89. The molecule has 0 amide bonds. The molecule has 0 saturated heterocycles. The second-order valence-electron chi connectivity index (χ2n) is 6.41. The molecule has 3 heteroatoms. The van der Waals surface area contributed by atoms with E-state index in [-0.39, 0.29) is 5.41 Å². The van der Waals surface area contributed by atoms with E-state index < -0.39 is 0 Å². The predicted octanol–water partition coefficient (Wildman–Crippen LogP) is 3.88. The highest BCUT2D eigenvalue weighted by molar-refractivity contribution is 7.17. The summed E-state index contributed by atoms with van der Waals surface area (Å²) in [5, 5.41) is 3.62. The molecule has 0 radical (unpaired) electrons. The SMILES string of the molecule is CN(CC(C)(C)C)C(CN)c1csc2ccccc12. The lowest BCUT2D eigenvalue weighted by atomic mass is 9.94. The molecule has 1 aromatic heterocycles. The van der Waals surface area contributed by atoms with Crippen LogP contribution in [0.4, 0.5) is 0 Å². The quantitative estimate of drug-likeness (QED) is 0.918. The van der Waals surface area contributed by atoms with Crippen LogP contribution >= 0.6 is 11.3 Å². The van der Waals surface area contributed by atoms with Gasteiger partial charge in [-0.25, -0.2) is 0 Å². The number of rotatable bonds is 4. The Morgan fingerprint density at radius 1 is 1.26 bits per heavy atom. The second-order valence-corrected chi connectivity index (χ2v) is 7.33. The maximum atomic E-state index is 6.04. The molecule has 0 aliphatic rings. The van der Waals surface area contributed by atoms with Gasteiger partial charge >= 0.3 is 0 Å². The van der Waals surface area contributed by atoms with Crippen LogP contribution in [0.5, 0.6) is 0 Å². The molecule has 0 aliphatic carbocycles. The molecule has 2 N–H and O–H groups in total. The highest BCUT2D eigenvalue weighted by Crippen LogP contribution is 2.33. The van der Waals surface area contributed by atoms with E-state index in [1.54, 1.807) is 0 Å². The van der Waals surface area contributed by atoms with Crippen molar-refractivity contribution in [2.45, 2.75) is 26.8 Å². The molecule has 1 aromatic carbocycles. The molecule has 0 saturated carbocycles. The number of nitrogens with zero attached hydrogens (tertiary/aromatic N) is 1. The second kappa shape index (κ2) is 5.61. The molecular weight excluding hydrogens is 252 g/mol. The minimum Gasteiger partial charge on any atom is -0.329 e. The van der Waals surface area contributed by atoms with E-state index in [4.69, 9.17) is 5.73 Å². The standard InChI is InChI=1S/C16H24N2S/c1-16(2,3)11-18(4)14(9-17)13-10-19-15-8-6-5-7-12(13)15/h5-8,10,14H,9,11,17H2,1-4H3. The van der Waals surface area contributed by atoms with E-state index in [0.29, 0.717) is 12.6 Å². The topological polar surface area (TPSA) is 29.3 Å². The Morgan fingerprint density at radius 2 is 1.95 bits per heavy atom. The van der Waals surface area contributed by atoms with Crippen LogP contribution in [0.25, 0.3) is 10.1 Å². The molecule has 2 rings (SSSR count). The van der Waals surface area contributed by atoms with Crippen LogP contribution in [0.15, 0.2) is 29.6 Å². The fourth-order valence-corrected chi connectivity index (χ4v) is 3.67. The predicted molar refractivity (Wildman–Crippen MR) is 85.7 cm³/mol. The smallest absolute Gasteiger partial charge is 0.0482 e. The average molecular weight is 276 g/mol. The van der Waals surface area contributed by atoms with E-state index >= 15 is 0 Å². The van der Waals surface area contributed by atoms with Gasteiger partial charge in [-0.05, 0) is 34.9 Å². The number of likely N-dealkylation sites (N-methyl/N-ethyl adjacent to an activating group) is 1. The third kappa shape index (κ3) is 3.35. The number of hydrogen-bond donors (Lipinski definition) is 1. The summed E-state index contributed by atoms with van der Waals surface area (Å²) >= 11 is 1.81. The third-order valence-electron chi connectivity index (χ3n) is 3.35. The van der Waals surface area contributed by atoms with Gasteiger partial charge in [0.05, 0.1) is 0 Å². The molecule has 19 heavy (non-hydrogen) atoms. The monoisotopic (exact) mass is 276 g/mol. The summed E-state index contributed by atoms with van der Waals surface area (Å²) in [6.07, 6.45) is 0. The molecule has 2 aromatic rings. The fourth-order valence-electron chi connectivity index (χ4n) is 2.66. The first-order valence-electron chi connectivity index (χ1n) is 6.79. The first-order valence-corrected chi connectivity index (χ1v) is 7.67. The Balaban J connectivity index is 2.31. The van der Waals surface area contributed by atoms with Gasteiger partial charge in [-0.2, -0.15) is 0 Å². The summed E-state index contributed by atoms with van der Waals surface area (Å²) in [7, 11) is 2.18. The number of benzene rings is 1. The minimum atomic E-state index is 0.286. The zero-order chi connectivity index (χ0) is 14.0. The van der Waals surface area contributed by atoms with Crippen molar-refractivity contribution >= 4 is 21.4 Å². The van der Waals surface area contributed by atoms with Crippen molar-refractivity contribution in [2.24, 2.45) is 11.1 Å². The van der Waals surface area contributed by atoms with Crippen LogP contribution in [0, 0.1) is 5.41 Å². The van der Waals surface area contributed by atoms with Crippen molar-refractivity contribution in [2.75, 3.05) is 20.1 Å². The largest absolute Gasteiger partial charge is 0.329 e. The third-order valence-corrected chi connectivity index (χ3v) is 4.33. The van der Waals surface area contributed by atoms with Crippen molar-refractivity contribution < 1.29 is 0 Å². The van der Waals surface area contributed by atoms with E-state index in [1.165, 1.54) is 15.6 Å². The van der Waals surface area contributed by atoms with Crippen LogP contribution in [0.3, 0.4) is 0 Å². The maximum Gasteiger partial charge on any atom is 0.0482 e. The van der Waals surface area contributed by atoms with Crippen molar-refractivity contribution in [3.05, 3.63) is 35.2 Å². The van der Waals surface area contributed by atoms with Crippen LogP contribution in [-0.4, -0.2) is 25.0 Å². The fraction of sp³-hybridized carbons (Fsp3) is 0.500. The van der Waals surface area contributed by atoms with Gasteiger partial charge in [0, 0.05) is 23.8 Å². The number of nitrogens with two attached hydrogens (primary N) is 1. The van der Waals surface area contributed by atoms with Gasteiger partial charge in [0.1, 0.15) is 0 Å². The Hall–Kier alpha value is -0.900. The van der Waals surface area contributed by atoms with Crippen LogP contribution in [-0.2, 0) is 0 Å². The maximum absolute atomic E-state index is 6.04. The van der Waals surface area contributed by atoms with Crippen LogP contribution < -0.4 is 5.73 Å². The van der Waals surface area contributed by atoms with Crippen molar-refractivity contribution in [1.82, 2.24) is 4.90 Å². The van der Waals surface area contributed by atoms with E-state index in [2.05, 4.69) is 62.4 Å². The lowest BCUT2D eigenvalue weighted by molar-refractivity contribution is 0.177. The molecule has 1 unspecified atom stereocenters. The van der Waals surface area contributed by atoms with E-state index in [1.807, 2.05) is 11.3 Å². The van der Waals surface area contributed by atoms with Gasteiger partial charge in [-0.15, -0.1) is 11.3 Å². The molecule has 1 heterocycles. The summed E-state index contributed by atoms with van der Waals surface area (Å²) in [5.74, 6) is 0. The van der Waals surface area contributed by atoms with Gasteiger partial charge in [0.25, 0.3) is 0 Å². The first kappa shape index (κ1) is 14.5.